The largest absolute Gasteiger partial charge is 0.335 e. The molecule has 0 aromatic heterocycles. The van der Waals surface area contributed by atoms with Crippen molar-refractivity contribution in [2.75, 3.05) is 5.32 Å². The molecule has 0 aliphatic carbocycles. The van der Waals surface area contributed by atoms with Crippen LogP contribution in [0.4, 0.5) is 10.5 Å². The normalized spacial score (nSPS) is 11.7. The van der Waals surface area contributed by atoms with Crippen LogP contribution in [0.5, 0.6) is 0 Å². The molecule has 1 atom stereocenters. The molecule has 0 aliphatic rings. The lowest BCUT2D eigenvalue weighted by Gasteiger charge is -2.17. The van der Waals surface area contributed by atoms with E-state index in [9.17, 15) is 4.79 Å². The van der Waals surface area contributed by atoms with Gasteiger partial charge in [-0.25, -0.2) is 4.79 Å². The van der Waals surface area contributed by atoms with Gasteiger partial charge in [-0.1, -0.05) is 19.8 Å². The molecule has 17 heavy (non-hydrogen) atoms. The van der Waals surface area contributed by atoms with Crippen molar-refractivity contribution in [3.05, 3.63) is 29.8 Å². The number of nitrogens with one attached hydrogen (secondary N) is 2. The van der Waals surface area contributed by atoms with Crippen LogP contribution < -0.4 is 10.6 Å². The van der Waals surface area contributed by atoms with Crippen LogP contribution in [0.15, 0.2) is 24.3 Å². The molecule has 3 nitrogen and oxygen atoms in total. The number of rotatable bonds is 3. The first-order chi connectivity index (χ1) is 8.02. The average Bonchev–Trinajstić information content (AvgIpc) is 2.29. The molecule has 2 amide bonds. The highest BCUT2D eigenvalue weighted by molar-refractivity contribution is 5.89. The first kappa shape index (κ1) is 13.1. The van der Waals surface area contributed by atoms with Gasteiger partial charge >= 0.3 is 6.03 Å². The molecule has 0 saturated heterocycles. The van der Waals surface area contributed by atoms with E-state index in [1.54, 1.807) is 24.3 Å². The number of benzene rings is 1. The summed E-state index contributed by atoms with van der Waals surface area (Å²) >= 11 is 0. The van der Waals surface area contributed by atoms with Crippen LogP contribution in [-0.4, -0.2) is 12.1 Å². The van der Waals surface area contributed by atoms with Gasteiger partial charge < -0.3 is 10.6 Å². The SMILES string of the molecule is C#Cc1ccc(NC(=O)NC(C)C(C)C)cc1. The molecule has 2 N–H and O–H groups in total. The summed E-state index contributed by atoms with van der Waals surface area (Å²) in [6.45, 7) is 6.10. The molecule has 0 saturated carbocycles. The van der Waals surface area contributed by atoms with E-state index in [4.69, 9.17) is 6.42 Å². The maximum absolute atomic E-state index is 11.6. The van der Waals surface area contributed by atoms with E-state index in [-0.39, 0.29) is 12.1 Å². The first-order valence-corrected chi connectivity index (χ1v) is 5.67. The first-order valence-electron chi connectivity index (χ1n) is 5.67. The minimum absolute atomic E-state index is 0.139. The number of hydrogen-bond acceptors (Lipinski definition) is 1. The fraction of sp³-hybridized carbons (Fsp3) is 0.357. The number of carbonyl (C=O) groups is 1. The predicted molar refractivity (Wildman–Crippen MR) is 70.8 cm³/mol. The minimum Gasteiger partial charge on any atom is -0.335 e. The fourth-order valence-electron chi connectivity index (χ4n) is 1.19. The van der Waals surface area contributed by atoms with Crippen molar-refractivity contribution in [3.63, 3.8) is 0 Å². The molecular formula is C14H18N2O. The highest BCUT2D eigenvalue weighted by Crippen LogP contribution is 2.09. The number of amides is 2. The molecule has 0 spiro atoms. The molecule has 0 aliphatic heterocycles. The van der Waals surface area contributed by atoms with Crippen molar-refractivity contribution in [1.29, 1.82) is 0 Å². The van der Waals surface area contributed by atoms with Gasteiger partial charge in [0, 0.05) is 17.3 Å². The maximum atomic E-state index is 11.6. The van der Waals surface area contributed by atoms with Gasteiger partial charge in [-0.3, -0.25) is 0 Å². The van der Waals surface area contributed by atoms with E-state index in [0.29, 0.717) is 5.92 Å². The molecule has 0 bridgehead atoms. The van der Waals surface area contributed by atoms with Gasteiger partial charge in [-0.2, -0.15) is 0 Å². The number of urea groups is 1. The zero-order valence-electron chi connectivity index (χ0n) is 10.4. The monoisotopic (exact) mass is 230 g/mol. The molecular weight excluding hydrogens is 212 g/mol. The summed E-state index contributed by atoms with van der Waals surface area (Å²) in [6, 6.07) is 7.10. The van der Waals surface area contributed by atoms with Gasteiger partial charge in [0.15, 0.2) is 0 Å². The Balaban J connectivity index is 2.54. The topological polar surface area (TPSA) is 41.1 Å². The Morgan fingerprint density at radius 2 is 1.82 bits per heavy atom. The number of anilines is 1. The highest BCUT2D eigenvalue weighted by Gasteiger charge is 2.10. The average molecular weight is 230 g/mol. The Hall–Kier alpha value is -1.95. The second-order valence-corrected chi connectivity index (χ2v) is 4.35. The Bertz CT molecular complexity index is 415. The maximum Gasteiger partial charge on any atom is 0.319 e. The minimum atomic E-state index is -0.195. The lowest BCUT2D eigenvalue weighted by molar-refractivity contribution is 0.246. The summed E-state index contributed by atoms with van der Waals surface area (Å²) in [7, 11) is 0. The van der Waals surface area contributed by atoms with E-state index in [2.05, 4.69) is 30.4 Å². The van der Waals surface area contributed by atoms with Gasteiger partial charge in [-0.05, 0) is 37.1 Å². The van der Waals surface area contributed by atoms with Crippen LogP contribution in [0.1, 0.15) is 26.3 Å². The van der Waals surface area contributed by atoms with Gasteiger partial charge in [0.25, 0.3) is 0 Å². The van der Waals surface area contributed by atoms with Crippen LogP contribution in [-0.2, 0) is 0 Å². The smallest absolute Gasteiger partial charge is 0.319 e. The van der Waals surface area contributed by atoms with Crippen LogP contribution in [0.25, 0.3) is 0 Å². The molecule has 90 valence electrons. The summed E-state index contributed by atoms with van der Waals surface area (Å²) in [5, 5.41) is 5.63. The molecule has 1 aromatic rings. The van der Waals surface area contributed by atoms with Gasteiger partial charge in [-0.15, -0.1) is 6.42 Å². The summed E-state index contributed by atoms with van der Waals surface area (Å²) in [5.74, 6) is 2.93. The van der Waals surface area contributed by atoms with Crippen LogP contribution in [0, 0.1) is 18.3 Å². The predicted octanol–water partition coefficient (Wildman–Crippen LogP) is 2.83. The molecule has 1 rings (SSSR count). The van der Waals surface area contributed by atoms with E-state index in [1.807, 2.05) is 6.92 Å². The van der Waals surface area contributed by atoms with Crippen molar-refractivity contribution in [2.45, 2.75) is 26.8 Å². The number of hydrogen-bond donors (Lipinski definition) is 2. The van der Waals surface area contributed by atoms with Gasteiger partial charge in [0.05, 0.1) is 0 Å². The summed E-state index contributed by atoms with van der Waals surface area (Å²) in [6.07, 6.45) is 5.25. The molecule has 1 unspecified atom stereocenters. The lowest BCUT2D eigenvalue weighted by atomic mass is 10.1. The lowest BCUT2D eigenvalue weighted by Crippen LogP contribution is -2.38. The third-order valence-corrected chi connectivity index (χ3v) is 2.67. The molecule has 1 aromatic carbocycles. The van der Waals surface area contributed by atoms with Gasteiger partial charge in [0.2, 0.25) is 0 Å². The molecule has 0 radical (unpaired) electrons. The number of carbonyl (C=O) groups excluding carboxylic acids is 1. The van der Waals surface area contributed by atoms with Crippen LogP contribution >= 0.6 is 0 Å². The summed E-state index contributed by atoms with van der Waals surface area (Å²) in [4.78, 5) is 11.6. The third kappa shape index (κ3) is 4.20. The van der Waals surface area contributed by atoms with E-state index in [0.717, 1.165) is 11.3 Å². The quantitative estimate of drug-likeness (QED) is 0.770. The number of terminal acetylenes is 1. The van der Waals surface area contributed by atoms with Crippen LogP contribution in [0.2, 0.25) is 0 Å². The van der Waals surface area contributed by atoms with Crippen LogP contribution in [0.3, 0.4) is 0 Å². The van der Waals surface area contributed by atoms with E-state index >= 15 is 0 Å². The summed E-state index contributed by atoms with van der Waals surface area (Å²) in [5.41, 5.74) is 1.53. The molecule has 0 fully saturated rings. The van der Waals surface area contributed by atoms with Crippen molar-refractivity contribution in [3.8, 4) is 12.3 Å². The highest BCUT2D eigenvalue weighted by atomic mass is 16.2. The second kappa shape index (κ2) is 5.95. The Labute approximate surface area is 103 Å². The van der Waals surface area contributed by atoms with Crippen molar-refractivity contribution < 1.29 is 4.79 Å². The molecule has 0 heterocycles. The van der Waals surface area contributed by atoms with E-state index < -0.39 is 0 Å². The zero-order valence-corrected chi connectivity index (χ0v) is 10.4. The standard InChI is InChI=1S/C14H18N2O/c1-5-12-6-8-13(9-7-12)16-14(17)15-11(4)10(2)3/h1,6-11H,2-4H3,(H2,15,16,17). The van der Waals surface area contributed by atoms with Crippen molar-refractivity contribution in [2.24, 2.45) is 5.92 Å². The Kier molecular flexibility index (Phi) is 4.59. The van der Waals surface area contributed by atoms with Crippen molar-refractivity contribution >= 4 is 11.7 Å². The summed E-state index contributed by atoms with van der Waals surface area (Å²) < 4.78 is 0. The fourth-order valence-corrected chi connectivity index (χ4v) is 1.19. The van der Waals surface area contributed by atoms with Gasteiger partial charge in [0.1, 0.15) is 0 Å². The zero-order chi connectivity index (χ0) is 12.8. The third-order valence-electron chi connectivity index (χ3n) is 2.67. The Morgan fingerprint density at radius 1 is 1.24 bits per heavy atom. The Morgan fingerprint density at radius 3 is 2.29 bits per heavy atom. The molecule has 3 heteroatoms. The van der Waals surface area contributed by atoms with Crippen molar-refractivity contribution in [1.82, 2.24) is 5.32 Å². The second-order valence-electron chi connectivity index (χ2n) is 4.35. The van der Waals surface area contributed by atoms with E-state index in [1.165, 1.54) is 0 Å².